The van der Waals surface area contributed by atoms with Gasteiger partial charge in [-0.2, -0.15) is 0 Å². The number of halogens is 4. The van der Waals surface area contributed by atoms with Crippen molar-refractivity contribution in [2.24, 2.45) is 5.41 Å². The number of alkyl halides is 1. The first-order chi connectivity index (χ1) is 18.1. The van der Waals surface area contributed by atoms with Crippen LogP contribution in [0.3, 0.4) is 0 Å². The fraction of sp³-hybridized carbons (Fsp3) is 0.429. The van der Waals surface area contributed by atoms with Crippen molar-refractivity contribution in [3.8, 4) is 11.5 Å². The smallest absolute Gasteiger partial charge is 0.309 e. The lowest BCUT2D eigenvalue weighted by Crippen LogP contribution is -2.45. The van der Waals surface area contributed by atoms with Gasteiger partial charge in [-0.05, 0) is 75.0 Å². The van der Waals surface area contributed by atoms with Gasteiger partial charge in [0.1, 0.15) is 24.3 Å². The van der Waals surface area contributed by atoms with E-state index in [0.29, 0.717) is 72.4 Å². The van der Waals surface area contributed by atoms with Gasteiger partial charge in [0, 0.05) is 30.3 Å². The second-order valence-electron chi connectivity index (χ2n) is 9.72. The zero-order valence-electron chi connectivity index (χ0n) is 21.3. The van der Waals surface area contributed by atoms with Crippen molar-refractivity contribution in [2.45, 2.75) is 38.8 Å². The molecular weight excluding hydrogens is 504 g/mol. The van der Waals surface area contributed by atoms with Crippen molar-refractivity contribution in [1.29, 1.82) is 0 Å². The molecule has 0 spiro atoms. The first-order valence-electron chi connectivity index (χ1n) is 12.4. The Hall–Kier alpha value is -3.40. The number of carbonyl (C=O) groups is 1. The van der Waals surface area contributed by atoms with Gasteiger partial charge in [0.2, 0.25) is 0 Å². The van der Waals surface area contributed by atoms with Gasteiger partial charge in [0.15, 0.2) is 17.4 Å². The van der Waals surface area contributed by atoms with E-state index in [0.717, 1.165) is 0 Å². The fourth-order valence-electron chi connectivity index (χ4n) is 5.10. The number of methoxy groups -OCH3 is 1. The molecule has 0 amide bonds. The Labute approximate surface area is 218 Å². The molecule has 4 rings (SSSR count). The average Bonchev–Trinajstić information content (AvgIpc) is 2.89. The molecule has 10 heteroatoms. The molecule has 1 saturated heterocycles. The third-order valence-electron chi connectivity index (χ3n) is 7.39. The van der Waals surface area contributed by atoms with E-state index in [1.807, 2.05) is 4.90 Å². The van der Waals surface area contributed by atoms with Crippen LogP contribution in [-0.2, 0) is 4.79 Å². The van der Waals surface area contributed by atoms with Gasteiger partial charge in [0.05, 0.1) is 18.0 Å². The number of carboxylic acid groups (broad SMARTS) is 1. The Morgan fingerprint density at radius 3 is 2.47 bits per heavy atom. The zero-order valence-corrected chi connectivity index (χ0v) is 21.3. The number of piperidine rings is 1. The van der Waals surface area contributed by atoms with E-state index in [1.54, 1.807) is 31.3 Å². The van der Waals surface area contributed by atoms with Crippen LogP contribution in [0.1, 0.15) is 43.0 Å². The molecule has 0 radical (unpaired) electrons. The maximum Gasteiger partial charge on any atom is 0.309 e. The molecule has 204 valence electrons. The minimum Gasteiger partial charge on any atom is -0.497 e. The number of hydrogen-bond donors (Lipinski definition) is 1. The summed E-state index contributed by atoms with van der Waals surface area (Å²) in [7, 11) is 1.53. The molecule has 1 fully saturated rings. The van der Waals surface area contributed by atoms with E-state index in [1.165, 1.54) is 7.11 Å². The topological polar surface area (TPSA) is 71.9 Å². The maximum atomic E-state index is 15.7. The molecule has 1 aromatic heterocycles. The van der Waals surface area contributed by atoms with Gasteiger partial charge in [0.25, 0.3) is 0 Å². The number of rotatable bonds is 10. The number of carboxylic acids is 1. The predicted octanol–water partition coefficient (Wildman–Crippen LogP) is 6.01. The van der Waals surface area contributed by atoms with Crippen LogP contribution in [0.15, 0.2) is 36.5 Å². The highest BCUT2D eigenvalue weighted by Gasteiger charge is 2.41. The SMILES string of the molecule is COc1ccc2ncc(C)c(C(F)CCC3(C(=O)O)CCN(CCOc4c(F)cc(F)cc4F)CC3)c2c1. The minimum atomic E-state index is -1.38. The Balaban J connectivity index is 1.37. The molecule has 38 heavy (non-hydrogen) atoms. The Morgan fingerprint density at radius 2 is 1.84 bits per heavy atom. The second kappa shape index (κ2) is 11.6. The summed E-state index contributed by atoms with van der Waals surface area (Å²) in [4.78, 5) is 18.6. The molecule has 2 aromatic carbocycles. The van der Waals surface area contributed by atoms with Gasteiger partial charge in [-0.1, -0.05) is 0 Å². The fourth-order valence-corrected chi connectivity index (χ4v) is 5.10. The van der Waals surface area contributed by atoms with E-state index in [2.05, 4.69) is 4.98 Å². The summed E-state index contributed by atoms with van der Waals surface area (Å²) in [5, 5.41) is 10.7. The third kappa shape index (κ3) is 5.85. The normalized spacial score (nSPS) is 16.4. The summed E-state index contributed by atoms with van der Waals surface area (Å²) in [6.07, 6.45) is 1.04. The first kappa shape index (κ1) is 27.6. The first-order valence-corrected chi connectivity index (χ1v) is 12.4. The van der Waals surface area contributed by atoms with E-state index >= 15 is 4.39 Å². The van der Waals surface area contributed by atoms with Crippen LogP contribution in [0.5, 0.6) is 11.5 Å². The molecular formula is C28H30F4N2O4. The van der Waals surface area contributed by atoms with Crippen molar-refractivity contribution in [3.05, 3.63) is 65.1 Å². The lowest BCUT2D eigenvalue weighted by atomic mass is 9.74. The lowest BCUT2D eigenvalue weighted by molar-refractivity contribution is -0.153. The quantitative estimate of drug-likeness (QED) is 0.322. The Kier molecular flexibility index (Phi) is 8.40. The molecule has 1 aliphatic heterocycles. The third-order valence-corrected chi connectivity index (χ3v) is 7.39. The van der Waals surface area contributed by atoms with Crippen LogP contribution in [0.2, 0.25) is 0 Å². The molecule has 6 nitrogen and oxygen atoms in total. The number of aliphatic carboxylic acids is 1. The number of hydrogen-bond acceptors (Lipinski definition) is 5. The van der Waals surface area contributed by atoms with Gasteiger partial charge in [-0.25, -0.2) is 17.6 Å². The highest BCUT2D eigenvalue weighted by atomic mass is 19.1. The van der Waals surface area contributed by atoms with Crippen molar-refractivity contribution >= 4 is 16.9 Å². The van der Waals surface area contributed by atoms with Gasteiger partial charge < -0.3 is 14.6 Å². The predicted molar refractivity (Wildman–Crippen MR) is 134 cm³/mol. The molecule has 3 aromatic rings. The van der Waals surface area contributed by atoms with E-state index in [4.69, 9.17) is 9.47 Å². The van der Waals surface area contributed by atoms with Crippen LogP contribution in [0, 0.1) is 29.8 Å². The molecule has 2 heterocycles. The van der Waals surface area contributed by atoms with Crippen LogP contribution in [0.4, 0.5) is 17.6 Å². The number of aromatic nitrogens is 1. The molecule has 1 N–H and O–H groups in total. The standard InChI is InChI=1S/C28H30F4N2O4/c1-17-16-33-24-4-3-19(37-2)15-20(24)25(17)21(30)5-6-28(27(35)36)7-9-34(10-8-28)11-12-38-26-22(31)13-18(29)14-23(26)32/h3-4,13-16,21H,5-12H2,1-2H3,(H,35,36). The summed E-state index contributed by atoms with van der Waals surface area (Å²) in [6, 6.07) is 6.36. The van der Waals surface area contributed by atoms with E-state index in [-0.39, 0.29) is 19.4 Å². The Bertz CT molecular complexity index is 1290. The van der Waals surface area contributed by atoms with Gasteiger partial charge in [-0.15, -0.1) is 0 Å². The molecule has 0 bridgehead atoms. The average molecular weight is 535 g/mol. The van der Waals surface area contributed by atoms with Crippen LogP contribution >= 0.6 is 0 Å². The zero-order chi connectivity index (χ0) is 27.4. The van der Waals surface area contributed by atoms with Crippen molar-refractivity contribution in [3.63, 3.8) is 0 Å². The van der Waals surface area contributed by atoms with Gasteiger partial charge >= 0.3 is 5.97 Å². The highest BCUT2D eigenvalue weighted by Crippen LogP contribution is 2.41. The highest BCUT2D eigenvalue weighted by molar-refractivity contribution is 5.85. The second-order valence-corrected chi connectivity index (χ2v) is 9.72. The summed E-state index contributed by atoms with van der Waals surface area (Å²) in [5.41, 5.74) is 0.736. The number of pyridine rings is 1. The van der Waals surface area contributed by atoms with Crippen LogP contribution in [-0.4, -0.2) is 54.3 Å². The number of benzene rings is 2. The number of fused-ring (bicyclic) bond motifs is 1. The summed E-state index contributed by atoms with van der Waals surface area (Å²) < 4.78 is 66.7. The number of likely N-dealkylation sites (tertiary alicyclic amines) is 1. The largest absolute Gasteiger partial charge is 0.497 e. The molecule has 0 aliphatic carbocycles. The van der Waals surface area contributed by atoms with Crippen LogP contribution < -0.4 is 9.47 Å². The van der Waals surface area contributed by atoms with E-state index in [9.17, 15) is 23.1 Å². The molecule has 1 unspecified atom stereocenters. The molecule has 1 aliphatic rings. The minimum absolute atomic E-state index is 0.0374. The molecule has 1 atom stereocenters. The monoisotopic (exact) mass is 534 g/mol. The van der Waals surface area contributed by atoms with Crippen molar-refractivity contribution in [2.75, 3.05) is 33.4 Å². The van der Waals surface area contributed by atoms with E-state index < -0.39 is 40.8 Å². The Morgan fingerprint density at radius 1 is 1.16 bits per heavy atom. The van der Waals surface area contributed by atoms with Crippen molar-refractivity contribution < 1.29 is 36.9 Å². The van der Waals surface area contributed by atoms with Gasteiger partial charge in [-0.3, -0.25) is 14.7 Å². The number of aryl methyl sites for hydroxylation is 1. The summed E-state index contributed by atoms with van der Waals surface area (Å²) in [5.74, 6) is -4.30. The maximum absolute atomic E-state index is 15.7. The molecule has 0 saturated carbocycles. The number of ether oxygens (including phenoxy) is 2. The summed E-state index contributed by atoms with van der Waals surface area (Å²) in [6.45, 7) is 2.86. The van der Waals surface area contributed by atoms with Crippen LogP contribution in [0.25, 0.3) is 10.9 Å². The van der Waals surface area contributed by atoms with Crippen molar-refractivity contribution in [1.82, 2.24) is 9.88 Å². The number of nitrogens with zero attached hydrogens (tertiary/aromatic N) is 2. The summed E-state index contributed by atoms with van der Waals surface area (Å²) >= 11 is 0. The lowest BCUT2D eigenvalue weighted by Gasteiger charge is -2.39.